The van der Waals surface area contributed by atoms with Gasteiger partial charge in [0.05, 0.1) is 0 Å². The Morgan fingerprint density at radius 2 is 1.65 bits per heavy atom. The number of hydrogen-bond acceptors (Lipinski definition) is 2. The zero-order valence-corrected chi connectivity index (χ0v) is 11.4. The van der Waals surface area contributed by atoms with Crippen LogP contribution in [0.5, 0.6) is 0 Å². The first kappa shape index (κ1) is 11.7. The first-order chi connectivity index (χ1) is 9.81. The summed E-state index contributed by atoms with van der Waals surface area (Å²) >= 11 is 0. The van der Waals surface area contributed by atoms with Crippen molar-refractivity contribution in [3.05, 3.63) is 65.7 Å². The maximum Gasteiger partial charge on any atom is 0.190 e. The monoisotopic (exact) mass is 263 g/mol. The second-order valence-electron chi connectivity index (χ2n) is 5.77. The standard InChI is InChI=1S/C18H17NO/c20-17-15-8-4-5-9-16(15)19(18(17)11-12-18)13-10-14-6-2-1-3-7-14/h1-9H,10-13H2. The molecule has 1 spiro atoms. The van der Waals surface area contributed by atoms with Gasteiger partial charge in [0, 0.05) is 17.8 Å². The highest BCUT2D eigenvalue weighted by molar-refractivity contribution is 6.15. The molecule has 0 radical (unpaired) electrons. The summed E-state index contributed by atoms with van der Waals surface area (Å²) < 4.78 is 0. The molecule has 100 valence electrons. The molecule has 2 heteroatoms. The molecule has 0 atom stereocenters. The van der Waals surface area contributed by atoms with E-state index in [2.05, 4.69) is 35.2 Å². The van der Waals surface area contributed by atoms with Gasteiger partial charge in [-0.15, -0.1) is 0 Å². The lowest BCUT2D eigenvalue weighted by Gasteiger charge is -2.26. The van der Waals surface area contributed by atoms with Crippen LogP contribution < -0.4 is 4.90 Å². The first-order valence-electron chi connectivity index (χ1n) is 7.27. The van der Waals surface area contributed by atoms with E-state index in [0.29, 0.717) is 5.78 Å². The zero-order valence-electron chi connectivity index (χ0n) is 11.4. The molecular formula is C18H17NO. The summed E-state index contributed by atoms with van der Waals surface area (Å²) in [7, 11) is 0. The second kappa shape index (κ2) is 4.20. The molecule has 2 aliphatic rings. The van der Waals surface area contributed by atoms with Crippen molar-refractivity contribution in [2.24, 2.45) is 0 Å². The van der Waals surface area contributed by atoms with E-state index in [-0.39, 0.29) is 5.54 Å². The highest BCUT2D eigenvalue weighted by Gasteiger charge is 2.59. The van der Waals surface area contributed by atoms with E-state index in [1.807, 2.05) is 24.3 Å². The average molecular weight is 263 g/mol. The molecule has 1 aliphatic carbocycles. The van der Waals surface area contributed by atoms with Crippen molar-refractivity contribution in [1.82, 2.24) is 0 Å². The van der Waals surface area contributed by atoms with Crippen molar-refractivity contribution in [3.8, 4) is 0 Å². The third kappa shape index (κ3) is 1.61. The summed E-state index contributed by atoms with van der Waals surface area (Å²) in [6, 6.07) is 18.6. The highest BCUT2D eigenvalue weighted by Crippen LogP contribution is 2.52. The number of Topliss-reactive ketones (excluding diaryl/α,β-unsaturated/α-hetero) is 1. The zero-order chi connectivity index (χ0) is 13.6. The lowest BCUT2D eigenvalue weighted by molar-refractivity contribution is 0.0959. The lowest BCUT2D eigenvalue weighted by Crippen LogP contribution is -2.39. The highest BCUT2D eigenvalue weighted by atomic mass is 16.1. The molecule has 0 bridgehead atoms. The fourth-order valence-electron chi connectivity index (χ4n) is 3.34. The minimum Gasteiger partial charge on any atom is -0.357 e. The van der Waals surface area contributed by atoms with E-state index in [0.717, 1.165) is 37.1 Å². The van der Waals surface area contributed by atoms with Gasteiger partial charge in [-0.1, -0.05) is 42.5 Å². The third-order valence-electron chi connectivity index (χ3n) is 4.57. The molecular weight excluding hydrogens is 246 g/mol. The fraction of sp³-hybridized carbons (Fsp3) is 0.278. The van der Waals surface area contributed by atoms with Gasteiger partial charge in [0.2, 0.25) is 0 Å². The maximum absolute atomic E-state index is 12.6. The van der Waals surface area contributed by atoms with Crippen LogP contribution in [0.2, 0.25) is 0 Å². The third-order valence-corrected chi connectivity index (χ3v) is 4.57. The Balaban J connectivity index is 1.63. The van der Waals surface area contributed by atoms with Crippen molar-refractivity contribution in [1.29, 1.82) is 0 Å². The Labute approximate surface area is 119 Å². The van der Waals surface area contributed by atoms with E-state index < -0.39 is 0 Å². The molecule has 1 heterocycles. The predicted octanol–water partition coefficient (Wildman–Crippen LogP) is 3.46. The molecule has 1 aliphatic heterocycles. The molecule has 0 saturated heterocycles. The van der Waals surface area contributed by atoms with Gasteiger partial charge in [0.15, 0.2) is 5.78 Å². The van der Waals surface area contributed by atoms with E-state index >= 15 is 0 Å². The summed E-state index contributed by atoms with van der Waals surface area (Å²) in [5, 5.41) is 0. The molecule has 1 saturated carbocycles. The van der Waals surface area contributed by atoms with Gasteiger partial charge in [-0.2, -0.15) is 0 Å². The number of rotatable bonds is 3. The van der Waals surface area contributed by atoms with Crippen molar-refractivity contribution in [2.75, 3.05) is 11.4 Å². The number of nitrogens with zero attached hydrogens (tertiary/aromatic N) is 1. The van der Waals surface area contributed by atoms with Crippen molar-refractivity contribution < 1.29 is 4.79 Å². The van der Waals surface area contributed by atoms with Crippen LogP contribution in [0.3, 0.4) is 0 Å². The number of benzene rings is 2. The Kier molecular flexibility index (Phi) is 2.46. The van der Waals surface area contributed by atoms with Gasteiger partial charge >= 0.3 is 0 Å². The molecule has 0 unspecified atom stereocenters. The SMILES string of the molecule is O=C1c2ccccc2N(CCc2ccccc2)C12CC2. The number of para-hydroxylation sites is 1. The summed E-state index contributed by atoms with van der Waals surface area (Å²) in [5.74, 6) is 0.334. The summed E-state index contributed by atoms with van der Waals surface area (Å²) in [4.78, 5) is 14.9. The van der Waals surface area contributed by atoms with Gasteiger partial charge in [-0.25, -0.2) is 0 Å². The minimum absolute atomic E-state index is 0.196. The summed E-state index contributed by atoms with van der Waals surface area (Å²) in [6.45, 7) is 0.923. The van der Waals surface area contributed by atoms with Crippen LogP contribution in [0, 0.1) is 0 Å². The average Bonchev–Trinajstić information content (AvgIpc) is 3.26. The number of fused-ring (bicyclic) bond motifs is 1. The quantitative estimate of drug-likeness (QED) is 0.845. The maximum atomic E-state index is 12.6. The number of ketones is 1. The van der Waals surface area contributed by atoms with E-state index in [1.165, 1.54) is 5.56 Å². The number of anilines is 1. The Bertz CT molecular complexity index is 658. The van der Waals surface area contributed by atoms with Crippen molar-refractivity contribution in [3.63, 3.8) is 0 Å². The van der Waals surface area contributed by atoms with Gasteiger partial charge in [-0.05, 0) is 37.0 Å². The Morgan fingerprint density at radius 1 is 0.950 bits per heavy atom. The number of carbonyl (C=O) groups is 1. The van der Waals surface area contributed by atoms with E-state index in [9.17, 15) is 4.79 Å². The molecule has 0 N–H and O–H groups in total. The van der Waals surface area contributed by atoms with Crippen LogP contribution in [0.25, 0.3) is 0 Å². The van der Waals surface area contributed by atoms with Crippen LogP contribution >= 0.6 is 0 Å². The lowest BCUT2D eigenvalue weighted by atomic mass is 10.1. The smallest absolute Gasteiger partial charge is 0.190 e. The number of hydrogen-bond donors (Lipinski definition) is 0. The van der Waals surface area contributed by atoms with Crippen LogP contribution in [-0.2, 0) is 6.42 Å². The topological polar surface area (TPSA) is 20.3 Å². The van der Waals surface area contributed by atoms with E-state index in [4.69, 9.17) is 0 Å². The van der Waals surface area contributed by atoms with E-state index in [1.54, 1.807) is 0 Å². The first-order valence-corrected chi connectivity index (χ1v) is 7.27. The van der Waals surface area contributed by atoms with Gasteiger partial charge < -0.3 is 4.90 Å². The van der Waals surface area contributed by atoms with Crippen molar-refractivity contribution in [2.45, 2.75) is 24.8 Å². The molecule has 1 fully saturated rings. The molecule has 20 heavy (non-hydrogen) atoms. The Hall–Kier alpha value is -2.09. The molecule has 0 amide bonds. The Morgan fingerprint density at radius 3 is 2.40 bits per heavy atom. The fourth-order valence-corrected chi connectivity index (χ4v) is 3.34. The van der Waals surface area contributed by atoms with Crippen LogP contribution in [0.15, 0.2) is 54.6 Å². The van der Waals surface area contributed by atoms with Crippen LogP contribution in [0.4, 0.5) is 5.69 Å². The minimum atomic E-state index is -0.196. The van der Waals surface area contributed by atoms with Gasteiger partial charge in [-0.3, -0.25) is 4.79 Å². The van der Waals surface area contributed by atoms with Gasteiger partial charge in [0.25, 0.3) is 0 Å². The predicted molar refractivity (Wildman–Crippen MR) is 80.2 cm³/mol. The molecule has 2 nitrogen and oxygen atoms in total. The second-order valence-corrected chi connectivity index (χ2v) is 5.77. The molecule has 0 aromatic heterocycles. The largest absolute Gasteiger partial charge is 0.357 e. The van der Waals surface area contributed by atoms with Gasteiger partial charge in [0.1, 0.15) is 5.54 Å². The normalized spacial score (nSPS) is 18.4. The molecule has 4 rings (SSSR count). The summed E-state index contributed by atoms with van der Waals surface area (Å²) in [6.07, 6.45) is 3.01. The van der Waals surface area contributed by atoms with Crippen LogP contribution in [-0.4, -0.2) is 17.9 Å². The van der Waals surface area contributed by atoms with Crippen molar-refractivity contribution >= 4 is 11.5 Å². The summed E-state index contributed by atoms with van der Waals surface area (Å²) in [5.41, 5.74) is 3.18. The number of carbonyl (C=O) groups excluding carboxylic acids is 1. The molecule has 2 aromatic carbocycles. The molecule has 2 aromatic rings. The van der Waals surface area contributed by atoms with Crippen LogP contribution in [0.1, 0.15) is 28.8 Å².